The van der Waals surface area contributed by atoms with E-state index in [-0.39, 0.29) is 5.60 Å². The van der Waals surface area contributed by atoms with Crippen LogP contribution < -0.4 is 0 Å². The second-order valence-corrected chi connectivity index (χ2v) is 28.4. The molecule has 0 aromatic heterocycles. The van der Waals surface area contributed by atoms with Crippen molar-refractivity contribution in [1.82, 2.24) is 0 Å². The van der Waals surface area contributed by atoms with Gasteiger partial charge in [-0.3, -0.25) is 0 Å². The Morgan fingerprint density at radius 1 is 0.929 bits per heavy atom. The summed E-state index contributed by atoms with van der Waals surface area (Å²) in [5, 5.41) is 0. The van der Waals surface area contributed by atoms with E-state index >= 15 is 0 Å². The van der Waals surface area contributed by atoms with Crippen LogP contribution >= 0.6 is 0 Å². The van der Waals surface area contributed by atoms with Crippen molar-refractivity contribution in [1.29, 1.82) is 0 Å². The first kappa shape index (κ1) is 26.8. The Bertz CT molecular complexity index is 417. The summed E-state index contributed by atoms with van der Waals surface area (Å²) >= 11 is -2.15. The molecular weight excluding hydrogens is 463 g/mol. The molecule has 1 atom stereocenters. The molecule has 0 heterocycles. The predicted octanol–water partition coefficient (Wildman–Crippen LogP) is 9.12. The van der Waals surface area contributed by atoms with Gasteiger partial charge in [0.05, 0.1) is 0 Å². The third kappa shape index (κ3) is 11.8. The third-order valence-corrected chi connectivity index (χ3v) is 21.8. The Labute approximate surface area is 183 Å². The van der Waals surface area contributed by atoms with Gasteiger partial charge in [-0.1, -0.05) is 0 Å². The van der Waals surface area contributed by atoms with Gasteiger partial charge in [-0.05, 0) is 0 Å². The average Bonchev–Trinajstić information content (AvgIpc) is 3.44. The summed E-state index contributed by atoms with van der Waals surface area (Å²) in [5.74, 6) is 1.01. The standard InChI is InChI=1S/C13H25OSi.3C4H9.Sn/c1-6-10-13(2,14-15(3,4)5)11-9-12-7-8-12;3*1-3-4-2;/h1,6,12H,7-11H2,2-5H3;3*1,3-4H2,2H3;. The van der Waals surface area contributed by atoms with Gasteiger partial charge in [0, 0.05) is 0 Å². The summed E-state index contributed by atoms with van der Waals surface area (Å²) in [6.45, 7) is 16.6. The SMILES string of the molecule is CCC[CH2][Sn](/[CH]=C/CC(C)(CCC1CC1)O[Si](C)(C)C)([CH2]CCC)[CH2]CCC. The molecule has 1 fully saturated rings. The Kier molecular flexibility index (Phi) is 12.6. The molecule has 0 saturated heterocycles. The van der Waals surface area contributed by atoms with Crippen LogP contribution in [-0.4, -0.2) is 32.3 Å². The van der Waals surface area contributed by atoms with Gasteiger partial charge in [-0.15, -0.1) is 0 Å². The van der Waals surface area contributed by atoms with Crippen molar-refractivity contribution in [3.63, 3.8) is 0 Å². The average molecular weight is 515 g/mol. The second-order valence-electron chi connectivity index (χ2n) is 10.9. The van der Waals surface area contributed by atoms with Gasteiger partial charge in [0.25, 0.3) is 0 Å². The van der Waals surface area contributed by atoms with Crippen LogP contribution in [0.1, 0.15) is 98.3 Å². The first-order valence-corrected chi connectivity index (χ1v) is 23.7. The zero-order valence-corrected chi connectivity index (χ0v) is 24.4. The van der Waals surface area contributed by atoms with Crippen LogP contribution in [0.25, 0.3) is 0 Å². The molecule has 0 N–H and O–H groups in total. The molecule has 0 bridgehead atoms. The van der Waals surface area contributed by atoms with Gasteiger partial charge in [0.15, 0.2) is 0 Å². The van der Waals surface area contributed by atoms with Crippen molar-refractivity contribution in [3.8, 4) is 0 Å². The summed E-state index contributed by atoms with van der Waals surface area (Å²) in [5.41, 5.74) is 0.0709. The van der Waals surface area contributed by atoms with Gasteiger partial charge in [-0.25, -0.2) is 0 Å². The predicted molar refractivity (Wildman–Crippen MR) is 133 cm³/mol. The van der Waals surface area contributed by atoms with Gasteiger partial charge in [0.2, 0.25) is 0 Å². The van der Waals surface area contributed by atoms with Crippen LogP contribution in [0.2, 0.25) is 33.0 Å². The van der Waals surface area contributed by atoms with Crippen LogP contribution in [0, 0.1) is 5.92 Å². The molecule has 0 aromatic carbocycles. The fraction of sp³-hybridized carbons (Fsp3) is 0.920. The summed E-state index contributed by atoms with van der Waals surface area (Å²) in [7, 11) is -1.52. The molecule has 1 aliphatic rings. The van der Waals surface area contributed by atoms with Crippen molar-refractivity contribution in [2.75, 3.05) is 0 Å². The van der Waals surface area contributed by atoms with E-state index in [2.05, 4.69) is 57.5 Å². The quantitative estimate of drug-likeness (QED) is 0.176. The first-order valence-electron chi connectivity index (χ1n) is 12.6. The third-order valence-electron chi connectivity index (χ3n) is 6.44. The number of hydrogen-bond donors (Lipinski definition) is 0. The van der Waals surface area contributed by atoms with Crippen molar-refractivity contribution in [2.45, 2.75) is 137 Å². The van der Waals surface area contributed by atoms with Crippen molar-refractivity contribution < 1.29 is 4.43 Å². The number of unbranched alkanes of at least 4 members (excludes halogenated alkanes) is 3. The summed E-state index contributed by atoms with van der Waals surface area (Å²) in [4.78, 5) is 0. The Balaban J connectivity index is 2.87. The van der Waals surface area contributed by atoms with Crippen molar-refractivity contribution in [3.05, 3.63) is 10.2 Å². The fourth-order valence-corrected chi connectivity index (χ4v) is 20.7. The Morgan fingerprint density at radius 3 is 1.82 bits per heavy atom. The fourth-order valence-electron chi connectivity index (χ4n) is 4.62. The van der Waals surface area contributed by atoms with E-state index in [0.717, 1.165) is 12.3 Å². The van der Waals surface area contributed by atoms with Crippen LogP contribution in [-0.2, 0) is 4.43 Å². The van der Waals surface area contributed by atoms with E-state index in [4.69, 9.17) is 4.43 Å². The number of rotatable bonds is 17. The van der Waals surface area contributed by atoms with Crippen LogP contribution in [0.15, 0.2) is 10.2 Å². The van der Waals surface area contributed by atoms with Gasteiger partial charge >= 0.3 is 184 Å². The van der Waals surface area contributed by atoms with Crippen LogP contribution in [0.4, 0.5) is 0 Å². The van der Waals surface area contributed by atoms with E-state index < -0.39 is 26.7 Å². The zero-order chi connectivity index (χ0) is 21.1. The maximum atomic E-state index is 6.77. The van der Waals surface area contributed by atoms with E-state index in [0.29, 0.717) is 0 Å². The molecule has 1 unspecified atom stereocenters. The van der Waals surface area contributed by atoms with E-state index in [1.54, 1.807) is 13.3 Å². The number of hydrogen-bond acceptors (Lipinski definition) is 1. The topological polar surface area (TPSA) is 9.23 Å². The molecule has 1 nitrogen and oxygen atoms in total. The molecule has 0 aromatic rings. The minimum absolute atomic E-state index is 0.0709. The van der Waals surface area contributed by atoms with Crippen molar-refractivity contribution >= 4 is 26.7 Å². The van der Waals surface area contributed by atoms with E-state index in [1.165, 1.54) is 64.2 Å². The summed E-state index contributed by atoms with van der Waals surface area (Å²) < 4.78 is 14.4. The van der Waals surface area contributed by atoms with Gasteiger partial charge in [-0.2, -0.15) is 0 Å². The molecule has 3 heteroatoms. The Hall–Kier alpha value is 0.716. The van der Waals surface area contributed by atoms with E-state index in [9.17, 15) is 0 Å². The molecule has 1 saturated carbocycles. The monoisotopic (exact) mass is 516 g/mol. The maximum absolute atomic E-state index is 6.77. The van der Waals surface area contributed by atoms with Crippen LogP contribution in [0.5, 0.6) is 0 Å². The normalized spacial score (nSPS) is 18.0. The molecule has 0 radical (unpaired) electrons. The summed E-state index contributed by atoms with van der Waals surface area (Å²) in [6, 6.07) is 0. The molecule has 28 heavy (non-hydrogen) atoms. The second kappa shape index (κ2) is 13.2. The Morgan fingerprint density at radius 2 is 1.43 bits per heavy atom. The minimum atomic E-state index is -2.15. The van der Waals surface area contributed by atoms with Gasteiger partial charge < -0.3 is 0 Å². The molecular formula is C25H52OSiSn. The van der Waals surface area contributed by atoms with Gasteiger partial charge in [0.1, 0.15) is 0 Å². The van der Waals surface area contributed by atoms with Crippen LogP contribution in [0.3, 0.4) is 0 Å². The zero-order valence-electron chi connectivity index (χ0n) is 20.5. The molecule has 1 aliphatic carbocycles. The molecule has 0 amide bonds. The van der Waals surface area contributed by atoms with Crippen molar-refractivity contribution in [2.24, 2.45) is 5.92 Å². The molecule has 1 rings (SSSR count). The molecule has 0 spiro atoms. The van der Waals surface area contributed by atoms with E-state index in [1.807, 2.05) is 0 Å². The molecule has 0 aliphatic heterocycles. The first-order chi connectivity index (χ1) is 13.2. The molecule has 166 valence electrons. The summed E-state index contributed by atoms with van der Waals surface area (Å²) in [6.07, 6.45) is 17.8.